The first kappa shape index (κ1) is 31.7. The highest BCUT2D eigenvalue weighted by Crippen LogP contribution is 2.31. The van der Waals surface area contributed by atoms with Gasteiger partial charge in [0.05, 0.1) is 22.3 Å². The van der Waals surface area contributed by atoms with E-state index in [1.165, 1.54) is 7.11 Å². The van der Waals surface area contributed by atoms with Crippen LogP contribution in [-0.2, 0) is 4.84 Å². The van der Waals surface area contributed by atoms with E-state index in [-0.39, 0.29) is 30.4 Å². The fraction of sp³-hybridized carbons (Fsp3) is 0.483. The molecule has 2 heterocycles. The molecule has 0 bridgehead atoms. The van der Waals surface area contributed by atoms with Crippen LogP contribution in [0.3, 0.4) is 0 Å². The lowest BCUT2D eigenvalue weighted by molar-refractivity contribution is 0.0812. The van der Waals surface area contributed by atoms with E-state index in [0.717, 1.165) is 64.0 Å². The van der Waals surface area contributed by atoms with Gasteiger partial charge in [0, 0.05) is 60.8 Å². The van der Waals surface area contributed by atoms with Crippen LogP contribution in [-0.4, -0.2) is 91.8 Å². The van der Waals surface area contributed by atoms with Crippen molar-refractivity contribution in [3.8, 4) is 0 Å². The van der Waals surface area contributed by atoms with E-state index in [9.17, 15) is 9.59 Å². The second-order valence-electron chi connectivity index (χ2n) is 10.5. The molecular formula is C29H35Cl4N5O3. The predicted molar refractivity (Wildman–Crippen MR) is 166 cm³/mol. The Labute approximate surface area is 261 Å². The number of carbonyl (C=O) groups excluding carboxylic acids is 2. The van der Waals surface area contributed by atoms with E-state index < -0.39 is 0 Å². The summed E-state index contributed by atoms with van der Waals surface area (Å²) < 4.78 is 0. The second-order valence-corrected chi connectivity index (χ2v) is 12.1. The van der Waals surface area contributed by atoms with E-state index in [2.05, 4.69) is 15.4 Å². The standard InChI is InChI=1S/C29H35Cl4N5O3/c1-36(28(39)20-14-21(30)17-22(31)15-20)18-27(35-41-2)24(19-4-5-25(32)26(33)16-19)8-13-37-11-6-23(7-12-37)38-10-3-9-34-29(38)40/h4-5,14-17,23-24H,3,6-13,18H2,1-2H3,(H,34,40)/b35-27+/t24-/m1/s1. The first-order valence-corrected chi connectivity index (χ1v) is 15.2. The van der Waals surface area contributed by atoms with Crippen LogP contribution in [0.2, 0.25) is 20.1 Å². The van der Waals surface area contributed by atoms with Crippen LogP contribution >= 0.6 is 46.4 Å². The van der Waals surface area contributed by atoms with Crippen LogP contribution in [0.4, 0.5) is 4.79 Å². The first-order valence-electron chi connectivity index (χ1n) is 13.7. The number of likely N-dealkylation sites (tertiary alicyclic amines) is 1. The van der Waals surface area contributed by atoms with Gasteiger partial charge >= 0.3 is 6.03 Å². The number of hydrogen-bond donors (Lipinski definition) is 1. The predicted octanol–water partition coefficient (Wildman–Crippen LogP) is 6.43. The van der Waals surface area contributed by atoms with Crippen molar-refractivity contribution in [3.05, 3.63) is 67.6 Å². The Hall–Kier alpha value is -2.23. The maximum absolute atomic E-state index is 13.3. The van der Waals surface area contributed by atoms with E-state index in [1.54, 1.807) is 36.2 Å². The zero-order chi connectivity index (χ0) is 29.5. The highest BCUT2D eigenvalue weighted by molar-refractivity contribution is 6.42. The lowest BCUT2D eigenvalue weighted by Gasteiger charge is -2.40. The van der Waals surface area contributed by atoms with Crippen molar-refractivity contribution >= 4 is 64.1 Å². The lowest BCUT2D eigenvalue weighted by Crippen LogP contribution is -2.54. The van der Waals surface area contributed by atoms with Gasteiger partial charge in [-0.25, -0.2) is 4.79 Å². The number of oxime groups is 1. The maximum Gasteiger partial charge on any atom is 0.317 e. The van der Waals surface area contributed by atoms with Gasteiger partial charge in [-0.2, -0.15) is 0 Å². The molecule has 0 unspecified atom stereocenters. The van der Waals surface area contributed by atoms with Gasteiger partial charge in [0.25, 0.3) is 5.91 Å². The summed E-state index contributed by atoms with van der Waals surface area (Å²) in [6.45, 7) is 4.38. The summed E-state index contributed by atoms with van der Waals surface area (Å²) >= 11 is 24.9. The van der Waals surface area contributed by atoms with Gasteiger partial charge in [0.15, 0.2) is 0 Å². The Morgan fingerprint density at radius 2 is 1.78 bits per heavy atom. The zero-order valence-corrected chi connectivity index (χ0v) is 26.2. The maximum atomic E-state index is 13.3. The molecule has 2 fully saturated rings. The van der Waals surface area contributed by atoms with Crippen LogP contribution in [0, 0.1) is 0 Å². The van der Waals surface area contributed by atoms with Crippen LogP contribution in [0.25, 0.3) is 0 Å². The smallest absolute Gasteiger partial charge is 0.317 e. The van der Waals surface area contributed by atoms with Crippen LogP contribution in [0.5, 0.6) is 0 Å². The molecular weight excluding hydrogens is 608 g/mol. The number of nitrogens with one attached hydrogen (secondary N) is 1. The molecule has 2 aromatic rings. The molecule has 0 saturated carbocycles. The summed E-state index contributed by atoms with van der Waals surface area (Å²) in [5.74, 6) is -0.427. The van der Waals surface area contributed by atoms with Gasteiger partial charge in [-0.1, -0.05) is 57.6 Å². The van der Waals surface area contributed by atoms with Crippen molar-refractivity contribution in [1.29, 1.82) is 0 Å². The summed E-state index contributed by atoms with van der Waals surface area (Å²) in [5, 5.41) is 9.02. The molecule has 12 heteroatoms. The molecule has 0 radical (unpaired) electrons. The van der Waals surface area contributed by atoms with Crippen LogP contribution in [0.1, 0.15) is 47.5 Å². The summed E-state index contributed by atoms with van der Waals surface area (Å²) in [4.78, 5) is 36.8. The van der Waals surface area contributed by atoms with Crippen LogP contribution in [0.15, 0.2) is 41.6 Å². The molecule has 222 valence electrons. The van der Waals surface area contributed by atoms with E-state index in [4.69, 9.17) is 51.2 Å². The quantitative estimate of drug-likeness (QED) is 0.239. The minimum atomic E-state index is -0.241. The molecule has 1 N–H and O–H groups in total. The van der Waals surface area contributed by atoms with Crippen molar-refractivity contribution in [2.24, 2.45) is 5.16 Å². The molecule has 8 nitrogen and oxygen atoms in total. The third-order valence-electron chi connectivity index (χ3n) is 7.66. The number of hydrogen-bond acceptors (Lipinski definition) is 5. The Kier molecular flexibility index (Phi) is 11.4. The molecule has 0 aliphatic carbocycles. The van der Waals surface area contributed by atoms with Crippen molar-refractivity contribution in [2.75, 3.05) is 53.4 Å². The molecule has 2 aliphatic heterocycles. The number of urea groups is 1. The summed E-state index contributed by atoms with van der Waals surface area (Å²) in [7, 11) is 3.20. The van der Waals surface area contributed by atoms with Crippen molar-refractivity contribution in [2.45, 2.75) is 37.6 Å². The number of rotatable bonds is 10. The number of piperidine rings is 1. The highest BCUT2D eigenvalue weighted by Gasteiger charge is 2.30. The molecule has 4 rings (SSSR count). The van der Waals surface area contributed by atoms with Gasteiger partial charge in [0.2, 0.25) is 0 Å². The minimum absolute atomic E-state index is 0.0495. The van der Waals surface area contributed by atoms with Gasteiger partial charge in [0.1, 0.15) is 7.11 Å². The molecule has 2 aliphatic rings. The number of benzene rings is 2. The molecule has 41 heavy (non-hydrogen) atoms. The monoisotopic (exact) mass is 641 g/mol. The number of amides is 3. The van der Waals surface area contributed by atoms with Gasteiger partial charge < -0.3 is 24.9 Å². The third-order valence-corrected chi connectivity index (χ3v) is 8.83. The Balaban J connectivity index is 1.48. The molecule has 0 spiro atoms. The van der Waals surface area contributed by atoms with Gasteiger partial charge in [-0.15, -0.1) is 0 Å². The molecule has 3 amide bonds. The fourth-order valence-corrected chi connectivity index (χ4v) is 6.38. The van der Waals surface area contributed by atoms with E-state index in [0.29, 0.717) is 31.4 Å². The fourth-order valence-electron chi connectivity index (χ4n) is 5.55. The van der Waals surface area contributed by atoms with Crippen molar-refractivity contribution in [1.82, 2.24) is 20.0 Å². The van der Waals surface area contributed by atoms with Crippen molar-refractivity contribution in [3.63, 3.8) is 0 Å². The molecule has 0 aromatic heterocycles. The van der Waals surface area contributed by atoms with E-state index in [1.807, 2.05) is 17.0 Å². The number of carbonyl (C=O) groups is 2. The van der Waals surface area contributed by atoms with Gasteiger partial charge in [-0.3, -0.25) is 4.79 Å². The number of halogens is 4. The molecule has 2 aromatic carbocycles. The second kappa shape index (κ2) is 14.8. The average Bonchev–Trinajstić information content (AvgIpc) is 2.94. The molecule has 1 atom stereocenters. The Bertz CT molecular complexity index is 1250. The Morgan fingerprint density at radius 1 is 1.07 bits per heavy atom. The third kappa shape index (κ3) is 8.42. The largest absolute Gasteiger partial charge is 0.399 e. The molecule has 2 saturated heterocycles. The normalized spacial score (nSPS) is 17.8. The average molecular weight is 643 g/mol. The summed E-state index contributed by atoms with van der Waals surface area (Å²) in [6.07, 6.45) is 3.58. The van der Waals surface area contributed by atoms with Crippen LogP contribution < -0.4 is 5.32 Å². The first-order chi connectivity index (χ1) is 19.7. The van der Waals surface area contributed by atoms with Gasteiger partial charge in [-0.05, 0) is 68.1 Å². The Morgan fingerprint density at radius 3 is 2.41 bits per heavy atom. The topological polar surface area (TPSA) is 77.5 Å². The van der Waals surface area contributed by atoms with Crippen molar-refractivity contribution < 1.29 is 14.4 Å². The SMILES string of the molecule is CO/N=C(\CN(C)C(=O)c1cc(Cl)cc(Cl)c1)[C@H](CCN1CCC(N2CCCNC2=O)CC1)c1ccc(Cl)c(Cl)c1. The van der Waals surface area contributed by atoms with E-state index >= 15 is 0 Å². The number of nitrogens with zero attached hydrogens (tertiary/aromatic N) is 4. The summed E-state index contributed by atoms with van der Waals surface area (Å²) in [6, 6.07) is 10.6. The zero-order valence-electron chi connectivity index (χ0n) is 23.2. The minimum Gasteiger partial charge on any atom is -0.399 e. The highest BCUT2D eigenvalue weighted by atomic mass is 35.5. The summed E-state index contributed by atoms with van der Waals surface area (Å²) in [5.41, 5.74) is 1.99. The lowest BCUT2D eigenvalue weighted by atomic mass is 9.89.